The van der Waals surface area contributed by atoms with Crippen LogP contribution in [0.15, 0.2) is 18.2 Å². The Labute approximate surface area is 138 Å². The molecular weight excluding hydrogens is 311 g/mol. The normalized spacial score (nSPS) is 10.3. The van der Waals surface area contributed by atoms with Gasteiger partial charge in [-0.25, -0.2) is 0 Å². The van der Waals surface area contributed by atoms with Crippen LogP contribution < -0.4 is 5.32 Å². The second kappa shape index (κ2) is 10.9. The monoisotopic (exact) mass is 334 g/mol. The van der Waals surface area contributed by atoms with Gasteiger partial charge in [-0.3, -0.25) is 4.79 Å². The van der Waals surface area contributed by atoms with Crippen LogP contribution in [0.2, 0.25) is 5.02 Å². The first-order valence-corrected chi connectivity index (χ1v) is 7.31. The van der Waals surface area contributed by atoms with Gasteiger partial charge in [-0.05, 0) is 31.6 Å². The van der Waals surface area contributed by atoms with E-state index >= 15 is 0 Å². The Balaban J connectivity index is 0.00000400. The van der Waals surface area contributed by atoms with Gasteiger partial charge in [0.15, 0.2) is 0 Å². The fourth-order valence-electron chi connectivity index (χ4n) is 1.86. The lowest BCUT2D eigenvalue weighted by molar-refractivity contribution is -0.120. The van der Waals surface area contributed by atoms with Crippen LogP contribution in [-0.2, 0) is 9.53 Å². The summed E-state index contributed by atoms with van der Waals surface area (Å²) in [5, 5.41) is 3.33. The number of hydrogen-bond donors (Lipinski definition) is 1. The summed E-state index contributed by atoms with van der Waals surface area (Å²) in [4.78, 5) is 14.0. The van der Waals surface area contributed by atoms with Crippen LogP contribution >= 0.6 is 24.0 Å². The van der Waals surface area contributed by atoms with E-state index in [0.29, 0.717) is 17.3 Å². The largest absolute Gasteiger partial charge is 0.370 e. The van der Waals surface area contributed by atoms with Crippen LogP contribution in [-0.4, -0.2) is 43.7 Å². The van der Waals surface area contributed by atoms with Gasteiger partial charge in [0.1, 0.15) is 6.61 Å². The number of para-hydroxylation sites is 1. The molecule has 0 aliphatic carbocycles. The molecule has 0 saturated carbocycles. The van der Waals surface area contributed by atoms with Crippen LogP contribution in [0.3, 0.4) is 0 Å². The lowest BCUT2D eigenvalue weighted by Crippen LogP contribution is -2.28. The predicted molar refractivity (Wildman–Crippen MR) is 90.7 cm³/mol. The molecule has 1 N–H and O–H groups in total. The third-order valence-electron chi connectivity index (χ3n) is 3.17. The van der Waals surface area contributed by atoms with E-state index in [0.717, 1.165) is 25.2 Å². The van der Waals surface area contributed by atoms with E-state index in [9.17, 15) is 4.79 Å². The molecule has 0 heterocycles. The molecule has 0 aliphatic heterocycles. The van der Waals surface area contributed by atoms with Crippen molar-refractivity contribution < 1.29 is 9.53 Å². The first kappa shape index (κ1) is 20.2. The molecule has 0 radical (unpaired) electrons. The SMILES string of the molecule is CCN(CC)CCOCC(=O)Nc1c(C)cccc1Cl.Cl. The van der Waals surface area contributed by atoms with Crippen molar-refractivity contribution in [1.29, 1.82) is 0 Å². The standard InChI is InChI=1S/C15H23ClN2O2.ClH/c1-4-18(5-2)9-10-20-11-14(19)17-15-12(3)7-6-8-13(15)16;/h6-8H,4-5,9-11H2,1-3H3,(H,17,19);1H. The van der Waals surface area contributed by atoms with Crippen molar-refractivity contribution in [3.8, 4) is 0 Å². The second-order valence-electron chi connectivity index (χ2n) is 4.56. The average Bonchev–Trinajstić information content (AvgIpc) is 2.43. The zero-order valence-electron chi connectivity index (χ0n) is 12.8. The molecular formula is C15H24Cl2N2O2. The fourth-order valence-corrected chi connectivity index (χ4v) is 2.13. The van der Waals surface area contributed by atoms with Gasteiger partial charge in [0.25, 0.3) is 0 Å². The Morgan fingerprint density at radius 1 is 1.33 bits per heavy atom. The quantitative estimate of drug-likeness (QED) is 0.741. The highest BCUT2D eigenvalue weighted by Crippen LogP contribution is 2.24. The van der Waals surface area contributed by atoms with E-state index in [-0.39, 0.29) is 24.9 Å². The minimum atomic E-state index is -0.180. The summed E-state index contributed by atoms with van der Waals surface area (Å²) in [5.41, 5.74) is 1.60. The van der Waals surface area contributed by atoms with Gasteiger partial charge in [0, 0.05) is 6.54 Å². The summed E-state index contributed by atoms with van der Waals surface area (Å²) in [6, 6.07) is 5.52. The number of likely N-dealkylation sites (N-methyl/N-ethyl adjacent to an activating group) is 1. The van der Waals surface area contributed by atoms with Crippen molar-refractivity contribution in [3.63, 3.8) is 0 Å². The molecule has 21 heavy (non-hydrogen) atoms. The summed E-state index contributed by atoms with van der Waals surface area (Å²) in [6.07, 6.45) is 0. The predicted octanol–water partition coefficient (Wildman–Crippen LogP) is 3.37. The Bertz CT molecular complexity index is 417. The molecule has 0 unspecified atom stereocenters. The number of nitrogens with one attached hydrogen (secondary N) is 1. The van der Waals surface area contributed by atoms with E-state index in [2.05, 4.69) is 24.1 Å². The van der Waals surface area contributed by atoms with Gasteiger partial charge in [-0.15, -0.1) is 12.4 Å². The molecule has 1 rings (SSSR count). The number of benzene rings is 1. The molecule has 6 heteroatoms. The molecule has 1 aromatic carbocycles. The van der Waals surface area contributed by atoms with Crippen LogP contribution in [0.4, 0.5) is 5.69 Å². The molecule has 0 bridgehead atoms. The zero-order valence-corrected chi connectivity index (χ0v) is 14.4. The van der Waals surface area contributed by atoms with Crippen molar-refractivity contribution in [2.45, 2.75) is 20.8 Å². The van der Waals surface area contributed by atoms with Crippen molar-refractivity contribution in [2.24, 2.45) is 0 Å². The number of anilines is 1. The summed E-state index contributed by atoms with van der Waals surface area (Å²) < 4.78 is 5.38. The van der Waals surface area contributed by atoms with Gasteiger partial charge < -0.3 is 15.0 Å². The molecule has 0 saturated heterocycles. The van der Waals surface area contributed by atoms with Crippen LogP contribution in [0.1, 0.15) is 19.4 Å². The van der Waals surface area contributed by atoms with Gasteiger partial charge in [0.2, 0.25) is 5.91 Å². The van der Waals surface area contributed by atoms with Crippen LogP contribution in [0.5, 0.6) is 0 Å². The number of aryl methyl sites for hydroxylation is 1. The minimum absolute atomic E-state index is 0. The maximum atomic E-state index is 11.8. The minimum Gasteiger partial charge on any atom is -0.370 e. The third-order valence-corrected chi connectivity index (χ3v) is 3.48. The lowest BCUT2D eigenvalue weighted by atomic mass is 10.2. The van der Waals surface area contributed by atoms with E-state index in [4.69, 9.17) is 16.3 Å². The first-order valence-electron chi connectivity index (χ1n) is 6.93. The van der Waals surface area contributed by atoms with E-state index in [1.165, 1.54) is 0 Å². The number of ether oxygens (including phenoxy) is 1. The van der Waals surface area contributed by atoms with E-state index < -0.39 is 0 Å². The topological polar surface area (TPSA) is 41.6 Å². The summed E-state index contributed by atoms with van der Waals surface area (Å²) >= 11 is 6.05. The number of halogens is 2. The van der Waals surface area contributed by atoms with Gasteiger partial charge in [0.05, 0.1) is 17.3 Å². The van der Waals surface area contributed by atoms with Crippen molar-refractivity contribution in [1.82, 2.24) is 4.90 Å². The first-order chi connectivity index (χ1) is 9.58. The molecule has 1 amide bonds. The molecule has 0 spiro atoms. The Kier molecular flexibility index (Phi) is 10.4. The fraction of sp³-hybridized carbons (Fsp3) is 0.533. The van der Waals surface area contributed by atoms with Crippen molar-refractivity contribution in [3.05, 3.63) is 28.8 Å². The second-order valence-corrected chi connectivity index (χ2v) is 4.97. The van der Waals surface area contributed by atoms with Crippen LogP contribution in [0, 0.1) is 6.92 Å². The Morgan fingerprint density at radius 2 is 2.00 bits per heavy atom. The highest BCUT2D eigenvalue weighted by molar-refractivity contribution is 6.33. The third kappa shape index (κ3) is 7.14. The van der Waals surface area contributed by atoms with E-state index in [1.54, 1.807) is 6.07 Å². The van der Waals surface area contributed by atoms with Gasteiger partial charge in [-0.2, -0.15) is 0 Å². The number of rotatable bonds is 8. The molecule has 0 atom stereocenters. The molecule has 0 aliphatic rings. The van der Waals surface area contributed by atoms with Gasteiger partial charge in [-0.1, -0.05) is 37.6 Å². The molecule has 120 valence electrons. The summed E-state index contributed by atoms with van der Waals surface area (Å²) in [6.45, 7) is 9.54. The van der Waals surface area contributed by atoms with Crippen molar-refractivity contribution in [2.75, 3.05) is 38.2 Å². The maximum Gasteiger partial charge on any atom is 0.250 e. The van der Waals surface area contributed by atoms with Crippen molar-refractivity contribution >= 4 is 35.6 Å². The zero-order chi connectivity index (χ0) is 15.0. The smallest absolute Gasteiger partial charge is 0.250 e. The highest BCUT2D eigenvalue weighted by Gasteiger charge is 2.08. The molecule has 4 nitrogen and oxygen atoms in total. The van der Waals surface area contributed by atoms with Gasteiger partial charge >= 0.3 is 0 Å². The number of carbonyl (C=O) groups is 1. The number of carbonyl (C=O) groups excluding carboxylic acids is 1. The Morgan fingerprint density at radius 3 is 2.57 bits per heavy atom. The van der Waals surface area contributed by atoms with E-state index in [1.807, 2.05) is 19.1 Å². The maximum absolute atomic E-state index is 11.8. The highest BCUT2D eigenvalue weighted by atomic mass is 35.5. The summed E-state index contributed by atoms with van der Waals surface area (Å²) in [7, 11) is 0. The Hall–Kier alpha value is -0.810. The van der Waals surface area contributed by atoms with Crippen LogP contribution in [0.25, 0.3) is 0 Å². The molecule has 1 aromatic rings. The lowest BCUT2D eigenvalue weighted by Gasteiger charge is -2.17. The number of hydrogen-bond acceptors (Lipinski definition) is 3. The molecule has 0 fully saturated rings. The number of nitrogens with zero attached hydrogens (tertiary/aromatic N) is 1. The summed E-state index contributed by atoms with van der Waals surface area (Å²) in [5.74, 6) is -0.180. The molecule has 0 aromatic heterocycles. The average molecular weight is 335 g/mol. The number of amides is 1.